The Kier molecular flexibility index (Phi) is 2.64. The van der Waals surface area contributed by atoms with Crippen LogP contribution in [-0.4, -0.2) is 59.1 Å². The van der Waals surface area contributed by atoms with E-state index in [2.05, 4.69) is 9.80 Å². The lowest BCUT2D eigenvalue weighted by Crippen LogP contribution is -2.57. The first-order valence-corrected chi connectivity index (χ1v) is 6.46. The Hall–Kier alpha value is -0.610. The molecule has 1 aliphatic heterocycles. The molecule has 1 heterocycles. The van der Waals surface area contributed by atoms with Crippen molar-refractivity contribution in [2.45, 2.75) is 37.8 Å². The second kappa shape index (κ2) is 4.00. The number of carboxylic acid groups (broad SMARTS) is 1. The van der Waals surface area contributed by atoms with E-state index in [4.69, 9.17) is 5.11 Å². The third kappa shape index (κ3) is 1.84. The number of hydrogen-bond donors (Lipinski definition) is 1. The fourth-order valence-corrected chi connectivity index (χ4v) is 3.08. The average Bonchev–Trinajstić information content (AvgIpc) is 2.99. The van der Waals surface area contributed by atoms with Gasteiger partial charge in [0.25, 0.3) is 0 Å². The van der Waals surface area contributed by atoms with Crippen molar-refractivity contribution in [1.82, 2.24) is 9.80 Å². The SMILES string of the molecule is O=C(O)C1CCC1N1CCN(C2CC2)CC1. The van der Waals surface area contributed by atoms with E-state index in [1.54, 1.807) is 0 Å². The van der Waals surface area contributed by atoms with E-state index < -0.39 is 5.97 Å². The van der Waals surface area contributed by atoms with Crippen LogP contribution in [0, 0.1) is 5.92 Å². The molecule has 0 spiro atoms. The van der Waals surface area contributed by atoms with Crippen LogP contribution in [-0.2, 0) is 4.79 Å². The Bertz CT molecular complexity index is 283. The summed E-state index contributed by atoms with van der Waals surface area (Å²) in [7, 11) is 0. The zero-order valence-corrected chi connectivity index (χ0v) is 9.64. The first kappa shape index (κ1) is 10.5. The van der Waals surface area contributed by atoms with Crippen LogP contribution in [0.15, 0.2) is 0 Å². The second-order valence-corrected chi connectivity index (χ2v) is 5.39. The van der Waals surface area contributed by atoms with Crippen molar-refractivity contribution >= 4 is 5.97 Å². The molecule has 2 unspecified atom stereocenters. The van der Waals surface area contributed by atoms with Gasteiger partial charge in [-0.25, -0.2) is 0 Å². The van der Waals surface area contributed by atoms with Crippen LogP contribution in [0.1, 0.15) is 25.7 Å². The van der Waals surface area contributed by atoms with Gasteiger partial charge in [-0.15, -0.1) is 0 Å². The van der Waals surface area contributed by atoms with Gasteiger partial charge in [0.1, 0.15) is 0 Å². The first-order valence-electron chi connectivity index (χ1n) is 6.46. The molecule has 0 bridgehead atoms. The quantitative estimate of drug-likeness (QED) is 0.763. The van der Waals surface area contributed by atoms with Crippen molar-refractivity contribution in [1.29, 1.82) is 0 Å². The zero-order chi connectivity index (χ0) is 11.1. The molecular formula is C12H20N2O2. The average molecular weight is 224 g/mol. The van der Waals surface area contributed by atoms with Gasteiger partial charge in [-0.05, 0) is 25.7 Å². The van der Waals surface area contributed by atoms with Crippen LogP contribution >= 0.6 is 0 Å². The molecule has 0 radical (unpaired) electrons. The summed E-state index contributed by atoms with van der Waals surface area (Å²) in [6, 6.07) is 1.19. The highest BCUT2D eigenvalue weighted by atomic mass is 16.4. The van der Waals surface area contributed by atoms with Crippen LogP contribution in [0.4, 0.5) is 0 Å². The summed E-state index contributed by atoms with van der Waals surface area (Å²) in [6.45, 7) is 4.44. The van der Waals surface area contributed by atoms with Crippen LogP contribution in [0.2, 0.25) is 0 Å². The van der Waals surface area contributed by atoms with Gasteiger partial charge in [0.05, 0.1) is 5.92 Å². The van der Waals surface area contributed by atoms with Gasteiger partial charge >= 0.3 is 5.97 Å². The maximum absolute atomic E-state index is 11.0. The van der Waals surface area contributed by atoms with E-state index in [1.165, 1.54) is 12.8 Å². The zero-order valence-electron chi connectivity index (χ0n) is 9.64. The van der Waals surface area contributed by atoms with Crippen molar-refractivity contribution in [3.8, 4) is 0 Å². The van der Waals surface area contributed by atoms with Crippen LogP contribution in [0.25, 0.3) is 0 Å². The number of rotatable bonds is 3. The molecule has 1 saturated heterocycles. The first-order chi connectivity index (χ1) is 7.75. The van der Waals surface area contributed by atoms with Crippen molar-refractivity contribution in [2.24, 2.45) is 5.92 Å². The van der Waals surface area contributed by atoms with Gasteiger partial charge in [-0.2, -0.15) is 0 Å². The molecule has 3 aliphatic rings. The number of aliphatic carboxylic acids is 1. The highest BCUT2D eigenvalue weighted by Gasteiger charge is 2.42. The molecule has 2 saturated carbocycles. The van der Waals surface area contributed by atoms with Gasteiger partial charge in [0.15, 0.2) is 0 Å². The Morgan fingerprint density at radius 3 is 2.00 bits per heavy atom. The molecule has 3 rings (SSSR count). The summed E-state index contributed by atoms with van der Waals surface area (Å²) in [5, 5.41) is 9.05. The Balaban J connectivity index is 1.51. The fourth-order valence-electron chi connectivity index (χ4n) is 3.08. The van der Waals surface area contributed by atoms with Crippen molar-refractivity contribution in [2.75, 3.05) is 26.2 Å². The molecule has 0 amide bonds. The third-order valence-electron chi connectivity index (χ3n) is 4.44. The van der Waals surface area contributed by atoms with E-state index >= 15 is 0 Å². The number of hydrogen-bond acceptors (Lipinski definition) is 3. The Morgan fingerprint density at radius 1 is 0.938 bits per heavy atom. The summed E-state index contributed by atoms with van der Waals surface area (Å²) in [5.41, 5.74) is 0. The van der Waals surface area contributed by atoms with Gasteiger partial charge < -0.3 is 5.11 Å². The number of carboxylic acids is 1. The van der Waals surface area contributed by atoms with E-state index in [1.807, 2.05) is 0 Å². The minimum atomic E-state index is -0.596. The van der Waals surface area contributed by atoms with Gasteiger partial charge in [0.2, 0.25) is 0 Å². The highest BCUT2D eigenvalue weighted by Crippen LogP contribution is 2.34. The maximum atomic E-state index is 11.0. The number of carbonyl (C=O) groups is 1. The molecule has 0 aromatic heterocycles. The Labute approximate surface area is 96.2 Å². The molecule has 4 heteroatoms. The number of nitrogens with zero attached hydrogens (tertiary/aromatic N) is 2. The van der Waals surface area contributed by atoms with Crippen molar-refractivity contribution in [3.63, 3.8) is 0 Å². The van der Waals surface area contributed by atoms with Crippen molar-refractivity contribution in [3.05, 3.63) is 0 Å². The van der Waals surface area contributed by atoms with Gasteiger partial charge in [0, 0.05) is 38.3 Å². The minimum absolute atomic E-state index is 0.0903. The highest BCUT2D eigenvalue weighted by molar-refractivity contribution is 5.72. The molecule has 1 N–H and O–H groups in total. The van der Waals surface area contributed by atoms with Crippen LogP contribution < -0.4 is 0 Å². The molecular weight excluding hydrogens is 204 g/mol. The van der Waals surface area contributed by atoms with E-state index in [0.717, 1.165) is 45.1 Å². The fraction of sp³-hybridized carbons (Fsp3) is 0.917. The summed E-state index contributed by atoms with van der Waals surface area (Å²) in [6.07, 6.45) is 4.71. The lowest BCUT2D eigenvalue weighted by molar-refractivity contribution is -0.149. The summed E-state index contributed by atoms with van der Waals surface area (Å²) >= 11 is 0. The largest absolute Gasteiger partial charge is 0.481 e. The van der Waals surface area contributed by atoms with Crippen LogP contribution in [0.3, 0.4) is 0 Å². The molecule has 3 fully saturated rings. The molecule has 2 atom stereocenters. The Morgan fingerprint density at radius 2 is 1.56 bits per heavy atom. The summed E-state index contributed by atoms with van der Waals surface area (Å²) < 4.78 is 0. The van der Waals surface area contributed by atoms with E-state index in [0.29, 0.717) is 6.04 Å². The smallest absolute Gasteiger partial charge is 0.308 e. The predicted molar refractivity (Wildman–Crippen MR) is 60.3 cm³/mol. The second-order valence-electron chi connectivity index (χ2n) is 5.39. The van der Waals surface area contributed by atoms with Gasteiger partial charge in [-0.1, -0.05) is 0 Å². The lowest BCUT2D eigenvalue weighted by Gasteiger charge is -2.46. The summed E-state index contributed by atoms with van der Waals surface area (Å²) in [5.74, 6) is -0.687. The maximum Gasteiger partial charge on any atom is 0.308 e. The molecule has 0 aromatic carbocycles. The van der Waals surface area contributed by atoms with Crippen LogP contribution in [0.5, 0.6) is 0 Å². The standard InChI is InChI=1S/C12H20N2O2/c15-12(16)10-3-4-11(10)14-7-5-13(6-8-14)9-1-2-9/h9-11H,1-8H2,(H,15,16). The summed E-state index contributed by atoms with van der Waals surface area (Å²) in [4.78, 5) is 16.0. The molecule has 0 aromatic rings. The third-order valence-corrected chi connectivity index (χ3v) is 4.44. The normalized spacial score (nSPS) is 37.0. The van der Waals surface area contributed by atoms with E-state index in [-0.39, 0.29) is 5.92 Å². The predicted octanol–water partition coefficient (Wildman–Crippen LogP) is 0.630. The van der Waals surface area contributed by atoms with Crippen molar-refractivity contribution < 1.29 is 9.90 Å². The molecule has 16 heavy (non-hydrogen) atoms. The van der Waals surface area contributed by atoms with Gasteiger partial charge in [-0.3, -0.25) is 14.6 Å². The monoisotopic (exact) mass is 224 g/mol. The number of piperazine rings is 1. The minimum Gasteiger partial charge on any atom is -0.481 e. The molecule has 90 valence electrons. The lowest BCUT2D eigenvalue weighted by atomic mass is 9.78. The van der Waals surface area contributed by atoms with E-state index in [9.17, 15) is 4.79 Å². The molecule has 2 aliphatic carbocycles. The molecule has 4 nitrogen and oxygen atoms in total. The topological polar surface area (TPSA) is 43.8 Å².